The summed E-state index contributed by atoms with van der Waals surface area (Å²) in [6.45, 7) is 0.618. The van der Waals surface area contributed by atoms with Gasteiger partial charge in [0.1, 0.15) is 11.5 Å². The molecule has 1 aromatic carbocycles. The third-order valence-corrected chi connectivity index (χ3v) is 2.02. The number of ether oxygens (including phenoxy) is 1. The Labute approximate surface area is 87.9 Å². The van der Waals surface area contributed by atoms with Crippen LogP contribution in [-0.4, -0.2) is 12.1 Å². The summed E-state index contributed by atoms with van der Waals surface area (Å²) in [5.74, 6) is 1.63. The van der Waals surface area contributed by atoms with E-state index < -0.39 is 0 Å². The molecule has 0 aliphatic heterocycles. The van der Waals surface area contributed by atoms with Crippen molar-refractivity contribution in [2.75, 3.05) is 12.4 Å². The monoisotopic (exact) mass is 204 g/mol. The van der Waals surface area contributed by atoms with Crippen molar-refractivity contribution in [3.63, 3.8) is 0 Å². The standard InChI is InChI=1S/C11H12N2O2/c1-14-10-4-2-3-9(5-10)13-7-11-6-12-8-15-11/h2-6,8,13H,7H2,1H3. The van der Waals surface area contributed by atoms with E-state index in [0.29, 0.717) is 6.54 Å². The minimum atomic E-state index is 0.618. The van der Waals surface area contributed by atoms with Crippen molar-refractivity contribution in [3.05, 3.63) is 42.6 Å². The first kappa shape index (κ1) is 9.58. The lowest BCUT2D eigenvalue weighted by Gasteiger charge is -2.05. The van der Waals surface area contributed by atoms with Crippen LogP contribution in [0.15, 0.2) is 41.3 Å². The maximum absolute atomic E-state index is 5.12. The fourth-order valence-electron chi connectivity index (χ4n) is 1.25. The zero-order chi connectivity index (χ0) is 10.5. The third kappa shape index (κ3) is 2.49. The number of benzene rings is 1. The van der Waals surface area contributed by atoms with Gasteiger partial charge in [0.15, 0.2) is 6.39 Å². The summed E-state index contributed by atoms with van der Waals surface area (Å²) in [5.41, 5.74) is 0.991. The topological polar surface area (TPSA) is 47.3 Å². The summed E-state index contributed by atoms with van der Waals surface area (Å²) >= 11 is 0. The van der Waals surface area contributed by atoms with Gasteiger partial charge in [0.2, 0.25) is 0 Å². The molecule has 0 aliphatic rings. The summed E-state index contributed by atoms with van der Waals surface area (Å²) in [6.07, 6.45) is 3.11. The Morgan fingerprint density at radius 1 is 1.47 bits per heavy atom. The average molecular weight is 204 g/mol. The van der Waals surface area contributed by atoms with Crippen LogP contribution in [0, 0.1) is 0 Å². The van der Waals surface area contributed by atoms with Crippen molar-refractivity contribution in [1.29, 1.82) is 0 Å². The second-order valence-corrected chi connectivity index (χ2v) is 3.05. The molecule has 4 nitrogen and oxygen atoms in total. The number of nitrogens with zero attached hydrogens (tertiary/aromatic N) is 1. The molecule has 0 aliphatic carbocycles. The highest BCUT2D eigenvalue weighted by Gasteiger charge is 1.97. The average Bonchev–Trinajstić information content (AvgIpc) is 2.79. The van der Waals surface area contributed by atoms with Crippen molar-refractivity contribution < 1.29 is 9.15 Å². The largest absolute Gasteiger partial charge is 0.497 e. The number of oxazole rings is 1. The molecule has 1 heterocycles. The summed E-state index contributed by atoms with van der Waals surface area (Å²) in [4.78, 5) is 3.84. The molecule has 1 N–H and O–H groups in total. The van der Waals surface area contributed by atoms with Gasteiger partial charge in [-0.25, -0.2) is 4.98 Å². The highest BCUT2D eigenvalue weighted by molar-refractivity contribution is 5.48. The lowest BCUT2D eigenvalue weighted by molar-refractivity contribution is 0.415. The van der Waals surface area contributed by atoms with Crippen LogP contribution in [0.5, 0.6) is 5.75 Å². The van der Waals surface area contributed by atoms with Crippen molar-refractivity contribution in [2.45, 2.75) is 6.54 Å². The van der Waals surface area contributed by atoms with Crippen molar-refractivity contribution in [3.8, 4) is 5.75 Å². The number of aromatic nitrogens is 1. The van der Waals surface area contributed by atoms with E-state index in [9.17, 15) is 0 Å². The van der Waals surface area contributed by atoms with Gasteiger partial charge in [0, 0.05) is 11.8 Å². The Balaban J connectivity index is 1.98. The first-order valence-electron chi connectivity index (χ1n) is 4.64. The van der Waals surface area contributed by atoms with Crippen LogP contribution in [0.25, 0.3) is 0 Å². The molecule has 0 amide bonds. The fraction of sp³-hybridized carbons (Fsp3) is 0.182. The Morgan fingerprint density at radius 2 is 2.40 bits per heavy atom. The van der Waals surface area contributed by atoms with Crippen LogP contribution in [0.2, 0.25) is 0 Å². The lowest BCUT2D eigenvalue weighted by atomic mass is 10.3. The molecule has 0 saturated heterocycles. The van der Waals surface area contributed by atoms with Gasteiger partial charge in [0.25, 0.3) is 0 Å². The number of hydrogen-bond acceptors (Lipinski definition) is 4. The van der Waals surface area contributed by atoms with E-state index in [-0.39, 0.29) is 0 Å². The van der Waals surface area contributed by atoms with E-state index in [1.807, 2.05) is 24.3 Å². The van der Waals surface area contributed by atoms with E-state index in [4.69, 9.17) is 9.15 Å². The van der Waals surface area contributed by atoms with E-state index >= 15 is 0 Å². The van der Waals surface area contributed by atoms with Gasteiger partial charge >= 0.3 is 0 Å². The second kappa shape index (κ2) is 4.50. The molecule has 0 unspecified atom stereocenters. The summed E-state index contributed by atoms with van der Waals surface area (Å²) in [6, 6.07) is 7.73. The summed E-state index contributed by atoms with van der Waals surface area (Å²) < 4.78 is 10.2. The smallest absolute Gasteiger partial charge is 0.180 e. The number of hydrogen-bond donors (Lipinski definition) is 1. The number of rotatable bonds is 4. The molecule has 0 radical (unpaired) electrons. The molecular weight excluding hydrogens is 192 g/mol. The van der Waals surface area contributed by atoms with Gasteiger partial charge in [0.05, 0.1) is 19.9 Å². The summed E-state index contributed by atoms with van der Waals surface area (Å²) in [5, 5.41) is 3.21. The number of anilines is 1. The van der Waals surface area contributed by atoms with Crippen molar-refractivity contribution >= 4 is 5.69 Å². The normalized spacial score (nSPS) is 9.93. The van der Waals surface area contributed by atoms with Crippen LogP contribution in [0.4, 0.5) is 5.69 Å². The van der Waals surface area contributed by atoms with Crippen LogP contribution in [0.3, 0.4) is 0 Å². The Hall–Kier alpha value is -1.97. The van der Waals surface area contributed by atoms with Gasteiger partial charge in [-0.15, -0.1) is 0 Å². The zero-order valence-corrected chi connectivity index (χ0v) is 8.43. The molecule has 78 valence electrons. The summed E-state index contributed by atoms with van der Waals surface area (Å²) in [7, 11) is 1.65. The maximum atomic E-state index is 5.12. The SMILES string of the molecule is COc1cccc(NCc2cnco2)c1. The van der Waals surface area contributed by atoms with Crippen molar-refractivity contribution in [2.24, 2.45) is 0 Å². The predicted octanol–water partition coefficient (Wildman–Crippen LogP) is 2.30. The van der Waals surface area contributed by atoms with Gasteiger partial charge in [-0.3, -0.25) is 0 Å². The van der Waals surface area contributed by atoms with E-state index in [1.165, 1.54) is 6.39 Å². The van der Waals surface area contributed by atoms with Crippen LogP contribution in [0.1, 0.15) is 5.76 Å². The first-order chi connectivity index (χ1) is 7.38. The highest BCUT2D eigenvalue weighted by atomic mass is 16.5. The Morgan fingerprint density at radius 3 is 3.13 bits per heavy atom. The molecule has 0 atom stereocenters. The van der Waals surface area contributed by atoms with E-state index in [1.54, 1.807) is 13.3 Å². The molecule has 0 spiro atoms. The van der Waals surface area contributed by atoms with Crippen LogP contribution in [-0.2, 0) is 6.54 Å². The van der Waals surface area contributed by atoms with Gasteiger partial charge in [-0.2, -0.15) is 0 Å². The Kier molecular flexibility index (Phi) is 2.88. The number of methoxy groups -OCH3 is 1. The maximum Gasteiger partial charge on any atom is 0.180 e. The van der Waals surface area contributed by atoms with Gasteiger partial charge < -0.3 is 14.5 Å². The van der Waals surface area contributed by atoms with Gasteiger partial charge in [-0.05, 0) is 12.1 Å². The molecule has 2 rings (SSSR count). The van der Waals surface area contributed by atoms with Crippen LogP contribution < -0.4 is 10.1 Å². The first-order valence-corrected chi connectivity index (χ1v) is 4.64. The Bertz CT molecular complexity index is 412. The third-order valence-electron chi connectivity index (χ3n) is 2.02. The quantitative estimate of drug-likeness (QED) is 0.830. The van der Waals surface area contributed by atoms with E-state index in [0.717, 1.165) is 17.2 Å². The fourth-order valence-corrected chi connectivity index (χ4v) is 1.25. The van der Waals surface area contributed by atoms with Gasteiger partial charge in [-0.1, -0.05) is 6.07 Å². The molecule has 15 heavy (non-hydrogen) atoms. The lowest BCUT2D eigenvalue weighted by Crippen LogP contribution is -1.98. The zero-order valence-electron chi connectivity index (χ0n) is 8.43. The minimum Gasteiger partial charge on any atom is -0.497 e. The highest BCUT2D eigenvalue weighted by Crippen LogP contribution is 2.17. The molecule has 0 saturated carbocycles. The molecule has 1 aromatic heterocycles. The molecule has 0 fully saturated rings. The predicted molar refractivity (Wildman–Crippen MR) is 56.8 cm³/mol. The van der Waals surface area contributed by atoms with Crippen molar-refractivity contribution in [1.82, 2.24) is 4.98 Å². The molecule has 0 bridgehead atoms. The van der Waals surface area contributed by atoms with E-state index in [2.05, 4.69) is 10.3 Å². The second-order valence-electron chi connectivity index (χ2n) is 3.05. The minimum absolute atomic E-state index is 0.618. The molecule has 4 heteroatoms. The molecular formula is C11H12N2O2. The van der Waals surface area contributed by atoms with Crippen LogP contribution >= 0.6 is 0 Å². The molecule has 2 aromatic rings. The number of nitrogens with one attached hydrogen (secondary N) is 1.